The molecule has 1 aromatic rings. The molecule has 7 heteroatoms. The van der Waals surface area contributed by atoms with Crippen molar-refractivity contribution in [1.82, 2.24) is 4.98 Å². The van der Waals surface area contributed by atoms with Gasteiger partial charge in [0.05, 0.1) is 0 Å². The number of rotatable bonds is 1. The Labute approximate surface area is 88.7 Å². The van der Waals surface area contributed by atoms with Gasteiger partial charge in [-0.15, -0.1) is 0 Å². The molecule has 0 aromatic carbocycles. The van der Waals surface area contributed by atoms with E-state index in [0.29, 0.717) is 5.69 Å². The van der Waals surface area contributed by atoms with Gasteiger partial charge in [0.1, 0.15) is 8.60 Å². The number of nitrogens with zero attached hydrogens (tertiary/aromatic N) is 1. The second-order valence-corrected chi connectivity index (χ2v) is 4.79. The van der Waals surface area contributed by atoms with Crippen molar-refractivity contribution in [3.8, 4) is 5.75 Å². The highest BCUT2D eigenvalue weighted by Crippen LogP contribution is 2.26. The standard InChI is InChI=1S/C6H6INO4S/c1-3-2-4(13(10,11)12)5(9)6(7)8-3/h2,9H,1H3,(H,10,11,12). The lowest BCUT2D eigenvalue weighted by Crippen LogP contribution is -2.01. The molecule has 0 bridgehead atoms. The van der Waals surface area contributed by atoms with Crippen molar-refractivity contribution in [2.45, 2.75) is 11.8 Å². The Hall–Kier alpha value is -0.410. The SMILES string of the molecule is Cc1cc(S(=O)(=O)O)c(O)c(I)n1. The number of aromatic nitrogens is 1. The molecule has 5 nitrogen and oxygen atoms in total. The van der Waals surface area contributed by atoms with E-state index < -0.39 is 20.8 Å². The highest BCUT2D eigenvalue weighted by atomic mass is 127. The van der Waals surface area contributed by atoms with Crippen LogP contribution < -0.4 is 0 Å². The molecule has 0 saturated carbocycles. The molecule has 0 atom stereocenters. The summed E-state index contributed by atoms with van der Waals surface area (Å²) in [5.74, 6) is -0.520. The molecular weight excluding hydrogens is 309 g/mol. The van der Waals surface area contributed by atoms with Crippen LogP contribution in [0.3, 0.4) is 0 Å². The molecule has 0 saturated heterocycles. The van der Waals surface area contributed by atoms with Crippen molar-refractivity contribution in [3.63, 3.8) is 0 Å². The van der Waals surface area contributed by atoms with E-state index in [-0.39, 0.29) is 3.70 Å². The topological polar surface area (TPSA) is 87.5 Å². The van der Waals surface area contributed by atoms with Crippen LogP contribution in [-0.4, -0.2) is 23.1 Å². The second-order valence-electron chi connectivity index (χ2n) is 2.38. The summed E-state index contributed by atoms with van der Waals surface area (Å²) >= 11 is 1.68. The molecule has 72 valence electrons. The fraction of sp³-hybridized carbons (Fsp3) is 0.167. The van der Waals surface area contributed by atoms with E-state index in [1.165, 1.54) is 0 Å². The maximum Gasteiger partial charge on any atom is 0.298 e. The molecule has 0 radical (unpaired) electrons. The fourth-order valence-corrected chi connectivity index (χ4v) is 2.31. The van der Waals surface area contributed by atoms with E-state index >= 15 is 0 Å². The largest absolute Gasteiger partial charge is 0.504 e. The lowest BCUT2D eigenvalue weighted by atomic mass is 10.4. The molecule has 2 N–H and O–H groups in total. The first-order valence-corrected chi connectivity index (χ1v) is 5.68. The van der Waals surface area contributed by atoms with Crippen molar-refractivity contribution in [2.75, 3.05) is 0 Å². The van der Waals surface area contributed by atoms with Gasteiger partial charge < -0.3 is 5.11 Å². The zero-order valence-electron chi connectivity index (χ0n) is 6.52. The fourth-order valence-electron chi connectivity index (χ4n) is 0.796. The maximum absolute atomic E-state index is 10.7. The number of hydrogen-bond donors (Lipinski definition) is 2. The van der Waals surface area contributed by atoms with Crippen molar-refractivity contribution in [1.29, 1.82) is 0 Å². The quantitative estimate of drug-likeness (QED) is 0.458. The molecule has 0 aliphatic rings. The van der Waals surface area contributed by atoms with Gasteiger partial charge in [0.2, 0.25) is 0 Å². The van der Waals surface area contributed by atoms with E-state index in [1.807, 2.05) is 0 Å². The molecular formula is C6H6INO4S. The molecule has 1 aromatic heterocycles. The molecule has 0 spiro atoms. The van der Waals surface area contributed by atoms with Crippen LogP contribution in [-0.2, 0) is 10.1 Å². The third-order valence-corrected chi connectivity index (χ3v) is 2.94. The second kappa shape index (κ2) is 3.39. The Morgan fingerprint density at radius 1 is 1.54 bits per heavy atom. The van der Waals surface area contributed by atoms with Gasteiger partial charge in [0, 0.05) is 5.69 Å². The lowest BCUT2D eigenvalue weighted by molar-refractivity contribution is 0.437. The van der Waals surface area contributed by atoms with Gasteiger partial charge in [-0.1, -0.05) is 0 Å². The van der Waals surface area contributed by atoms with Crippen molar-refractivity contribution >= 4 is 32.7 Å². The van der Waals surface area contributed by atoms with Crippen LogP contribution in [0.1, 0.15) is 5.69 Å². The number of halogens is 1. The minimum Gasteiger partial charge on any atom is -0.504 e. The summed E-state index contributed by atoms with van der Waals surface area (Å²) in [6, 6.07) is 1.10. The molecule has 0 unspecified atom stereocenters. The van der Waals surface area contributed by atoms with Crippen LogP contribution in [0.25, 0.3) is 0 Å². The molecule has 0 fully saturated rings. The van der Waals surface area contributed by atoms with Crippen LogP contribution in [0.2, 0.25) is 0 Å². The monoisotopic (exact) mass is 315 g/mol. The summed E-state index contributed by atoms with van der Waals surface area (Å²) in [6.07, 6.45) is 0. The minimum absolute atomic E-state index is 0.144. The molecule has 0 amide bonds. The number of pyridine rings is 1. The molecule has 0 aliphatic heterocycles. The summed E-state index contributed by atoms with van der Waals surface area (Å²) in [6.45, 7) is 1.57. The van der Waals surface area contributed by atoms with Crippen molar-refractivity contribution in [2.24, 2.45) is 0 Å². The Balaban J connectivity index is 3.56. The summed E-state index contributed by atoms with van der Waals surface area (Å²) < 4.78 is 30.3. The number of aryl methyl sites for hydroxylation is 1. The van der Waals surface area contributed by atoms with Crippen LogP contribution in [0.4, 0.5) is 0 Å². The predicted molar refractivity (Wildman–Crippen MR) is 53.2 cm³/mol. The van der Waals surface area contributed by atoms with Crippen LogP contribution in [0.5, 0.6) is 5.75 Å². The van der Waals surface area contributed by atoms with Gasteiger partial charge in [-0.2, -0.15) is 8.42 Å². The molecule has 1 heterocycles. The van der Waals surface area contributed by atoms with Crippen molar-refractivity contribution < 1.29 is 18.1 Å². The number of hydrogen-bond acceptors (Lipinski definition) is 4. The van der Waals surface area contributed by atoms with Gasteiger partial charge in [-0.3, -0.25) is 4.55 Å². The highest BCUT2D eigenvalue weighted by Gasteiger charge is 2.18. The predicted octanol–water partition coefficient (Wildman–Crippen LogP) is 0.947. The average molecular weight is 315 g/mol. The highest BCUT2D eigenvalue weighted by molar-refractivity contribution is 14.1. The number of aromatic hydroxyl groups is 1. The smallest absolute Gasteiger partial charge is 0.298 e. The summed E-state index contributed by atoms with van der Waals surface area (Å²) in [5, 5.41) is 9.25. The van der Waals surface area contributed by atoms with Gasteiger partial charge in [0.15, 0.2) is 5.75 Å². The molecule has 13 heavy (non-hydrogen) atoms. The Morgan fingerprint density at radius 2 is 2.08 bits per heavy atom. The summed E-state index contributed by atoms with van der Waals surface area (Å²) in [5.41, 5.74) is 0.412. The molecule has 0 aliphatic carbocycles. The van der Waals surface area contributed by atoms with Gasteiger partial charge in [-0.25, -0.2) is 4.98 Å². The third-order valence-electron chi connectivity index (χ3n) is 1.32. The summed E-state index contributed by atoms with van der Waals surface area (Å²) in [4.78, 5) is 3.30. The van der Waals surface area contributed by atoms with E-state index in [0.717, 1.165) is 6.07 Å². The Kier molecular flexibility index (Phi) is 2.78. The van der Waals surface area contributed by atoms with Crippen LogP contribution in [0, 0.1) is 10.6 Å². The first-order chi connectivity index (χ1) is 5.82. The van der Waals surface area contributed by atoms with E-state index in [9.17, 15) is 13.5 Å². The van der Waals surface area contributed by atoms with Crippen LogP contribution >= 0.6 is 22.6 Å². The van der Waals surface area contributed by atoms with E-state index in [2.05, 4.69) is 4.98 Å². The Morgan fingerprint density at radius 3 is 2.54 bits per heavy atom. The van der Waals surface area contributed by atoms with Crippen LogP contribution in [0.15, 0.2) is 11.0 Å². The normalized spacial score (nSPS) is 11.6. The molecule has 1 rings (SSSR count). The maximum atomic E-state index is 10.7. The third kappa shape index (κ3) is 2.29. The van der Waals surface area contributed by atoms with E-state index in [4.69, 9.17) is 4.55 Å². The average Bonchev–Trinajstić information content (AvgIpc) is 1.94. The first-order valence-electron chi connectivity index (χ1n) is 3.16. The van der Waals surface area contributed by atoms with Crippen molar-refractivity contribution in [3.05, 3.63) is 15.5 Å². The Bertz CT molecular complexity index is 442. The zero-order chi connectivity index (χ0) is 10.2. The van der Waals surface area contributed by atoms with Gasteiger partial charge >= 0.3 is 0 Å². The van der Waals surface area contributed by atoms with Gasteiger partial charge in [0.25, 0.3) is 10.1 Å². The first kappa shape index (κ1) is 10.7. The zero-order valence-corrected chi connectivity index (χ0v) is 9.50. The summed E-state index contributed by atoms with van der Waals surface area (Å²) in [7, 11) is -4.37. The van der Waals surface area contributed by atoms with Gasteiger partial charge in [-0.05, 0) is 35.6 Å². The minimum atomic E-state index is -4.37. The van der Waals surface area contributed by atoms with E-state index in [1.54, 1.807) is 29.5 Å². The lowest BCUT2D eigenvalue weighted by Gasteiger charge is -2.03.